The maximum Gasteiger partial charge on any atom is 0.225 e. The van der Waals surface area contributed by atoms with E-state index >= 15 is 0 Å². The van der Waals surface area contributed by atoms with Crippen molar-refractivity contribution < 1.29 is 14.3 Å². The van der Waals surface area contributed by atoms with Crippen LogP contribution in [0.3, 0.4) is 0 Å². The van der Waals surface area contributed by atoms with E-state index in [1.54, 1.807) is 4.90 Å². The number of ether oxygens (including phenoxy) is 2. The smallest absolute Gasteiger partial charge is 0.225 e. The first kappa shape index (κ1) is 17.9. The summed E-state index contributed by atoms with van der Waals surface area (Å²) in [6.45, 7) is 1.01. The minimum absolute atomic E-state index is 0. The molecule has 3 rings (SSSR count). The summed E-state index contributed by atoms with van der Waals surface area (Å²) in [7, 11) is 1.84. The van der Waals surface area contributed by atoms with Crippen LogP contribution in [0.4, 0.5) is 0 Å². The molecule has 1 aliphatic carbocycles. The SMILES string of the molecule is CN(CC1COc2ccccc2O1)C(=O)C1CCCC(N)C1.Cl. The lowest BCUT2D eigenvalue weighted by Crippen LogP contribution is -2.45. The van der Waals surface area contributed by atoms with Gasteiger partial charge in [0.25, 0.3) is 0 Å². The van der Waals surface area contributed by atoms with E-state index in [1.165, 1.54) is 0 Å². The number of para-hydroxylation sites is 2. The minimum atomic E-state index is -0.124. The molecular formula is C17H25ClN2O3. The molecule has 0 aromatic heterocycles. The third-order valence-corrected chi connectivity index (χ3v) is 4.49. The van der Waals surface area contributed by atoms with E-state index in [1.807, 2.05) is 31.3 Å². The lowest BCUT2D eigenvalue weighted by atomic mass is 9.85. The first-order valence-electron chi connectivity index (χ1n) is 8.02. The van der Waals surface area contributed by atoms with Crippen LogP contribution < -0.4 is 15.2 Å². The Morgan fingerprint density at radius 2 is 2.04 bits per heavy atom. The third kappa shape index (κ3) is 4.30. The van der Waals surface area contributed by atoms with Crippen LogP contribution in [0.2, 0.25) is 0 Å². The summed E-state index contributed by atoms with van der Waals surface area (Å²) in [6, 6.07) is 7.79. The largest absolute Gasteiger partial charge is 0.486 e. The van der Waals surface area contributed by atoms with E-state index in [0.29, 0.717) is 13.2 Å². The first-order valence-corrected chi connectivity index (χ1v) is 8.02. The fourth-order valence-corrected chi connectivity index (χ4v) is 3.31. The Labute approximate surface area is 143 Å². The van der Waals surface area contributed by atoms with Crippen molar-refractivity contribution in [1.82, 2.24) is 4.90 Å². The van der Waals surface area contributed by atoms with Crippen LogP contribution in [0.5, 0.6) is 11.5 Å². The highest BCUT2D eigenvalue weighted by molar-refractivity contribution is 5.85. The van der Waals surface area contributed by atoms with Crippen LogP contribution in [0.25, 0.3) is 0 Å². The average molecular weight is 341 g/mol. The Bertz CT molecular complexity index is 540. The molecule has 0 saturated heterocycles. The number of carbonyl (C=O) groups excluding carboxylic acids is 1. The molecule has 1 fully saturated rings. The second kappa shape index (κ2) is 7.88. The molecule has 1 amide bonds. The summed E-state index contributed by atoms with van der Waals surface area (Å²) in [5.74, 6) is 1.76. The standard InChI is InChI=1S/C17H24N2O3.ClH/c1-19(17(20)12-5-4-6-13(18)9-12)10-14-11-21-15-7-2-3-8-16(15)22-14;/h2-3,7-8,12-14H,4-6,9-11,18H2,1H3;1H. The zero-order valence-electron chi connectivity index (χ0n) is 13.4. The lowest BCUT2D eigenvalue weighted by Gasteiger charge is -2.33. The highest BCUT2D eigenvalue weighted by atomic mass is 35.5. The number of likely N-dealkylation sites (N-methyl/N-ethyl adjacent to an activating group) is 1. The molecule has 5 nitrogen and oxygen atoms in total. The van der Waals surface area contributed by atoms with Gasteiger partial charge in [-0.1, -0.05) is 18.6 Å². The normalized spacial score (nSPS) is 26.1. The van der Waals surface area contributed by atoms with E-state index in [-0.39, 0.29) is 36.4 Å². The fourth-order valence-electron chi connectivity index (χ4n) is 3.31. The number of carbonyl (C=O) groups is 1. The molecule has 1 aliphatic heterocycles. The molecule has 6 heteroatoms. The number of nitrogens with zero attached hydrogens (tertiary/aromatic N) is 1. The van der Waals surface area contributed by atoms with Crippen molar-refractivity contribution in [1.29, 1.82) is 0 Å². The van der Waals surface area contributed by atoms with E-state index in [4.69, 9.17) is 15.2 Å². The van der Waals surface area contributed by atoms with Crippen LogP contribution >= 0.6 is 12.4 Å². The van der Waals surface area contributed by atoms with Gasteiger partial charge in [-0.05, 0) is 31.4 Å². The van der Waals surface area contributed by atoms with E-state index in [0.717, 1.165) is 37.2 Å². The molecule has 128 valence electrons. The fraction of sp³-hybridized carbons (Fsp3) is 0.588. The topological polar surface area (TPSA) is 64.8 Å². The van der Waals surface area contributed by atoms with Crippen molar-refractivity contribution in [2.75, 3.05) is 20.2 Å². The van der Waals surface area contributed by atoms with E-state index in [2.05, 4.69) is 0 Å². The summed E-state index contributed by atoms with van der Waals surface area (Å²) in [4.78, 5) is 14.3. The predicted octanol–water partition coefficient (Wildman–Crippen LogP) is 2.22. The van der Waals surface area contributed by atoms with Crippen molar-refractivity contribution in [3.05, 3.63) is 24.3 Å². The quantitative estimate of drug-likeness (QED) is 0.916. The third-order valence-electron chi connectivity index (χ3n) is 4.49. The Morgan fingerprint density at radius 1 is 1.30 bits per heavy atom. The number of amides is 1. The molecular weight excluding hydrogens is 316 g/mol. The Hall–Kier alpha value is -1.46. The number of nitrogens with two attached hydrogens (primary N) is 1. The van der Waals surface area contributed by atoms with Crippen molar-refractivity contribution in [2.24, 2.45) is 11.7 Å². The van der Waals surface area contributed by atoms with Crippen molar-refractivity contribution in [3.63, 3.8) is 0 Å². The molecule has 1 aromatic carbocycles. The Kier molecular flexibility index (Phi) is 6.13. The van der Waals surface area contributed by atoms with E-state index in [9.17, 15) is 4.79 Å². The van der Waals surface area contributed by atoms with Crippen molar-refractivity contribution in [3.8, 4) is 11.5 Å². The maximum atomic E-state index is 12.5. The van der Waals surface area contributed by atoms with E-state index < -0.39 is 0 Å². The second-order valence-corrected chi connectivity index (χ2v) is 6.34. The van der Waals surface area contributed by atoms with Crippen LogP contribution in [-0.2, 0) is 4.79 Å². The molecule has 0 radical (unpaired) electrons. The van der Waals surface area contributed by atoms with Gasteiger partial charge in [0.15, 0.2) is 17.6 Å². The molecule has 2 aliphatic rings. The van der Waals surface area contributed by atoms with Crippen LogP contribution in [0.15, 0.2) is 24.3 Å². The number of hydrogen-bond donors (Lipinski definition) is 1. The second-order valence-electron chi connectivity index (χ2n) is 6.34. The number of fused-ring (bicyclic) bond motifs is 1. The summed E-state index contributed by atoms with van der Waals surface area (Å²) in [6.07, 6.45) is 3.70. The Morgan fingerprint density at radius 3 is 2.78 bits per heavy atom. The number of rotatable bonds is 3. The van der Waals surface area contributed by atoms with Gasteiger partial charge in [-0.2, -0.15) is 0 Å². The van der Waals surface area contributed by atoms with Gasteiger partial charge in [0.1, 0.15) is 6.61 Å². The molecule has 2 N–H and O–H groups in total. The van der Waals surface area contributed by atoms with Crippen LogP contribution in [0.1, 0.15) is 25.7 Å². The van der Waals surface area contributed by atoms with Crippen LogP contribution in [0, 0.1) is 5.92 Å². The van der Waals surface area contributed by atoms with Gasteiger partial charge in [0.2, 0.25) is 5.91 Å². The summed E-state index contributed by atoms with van der Waals surface area (Å²) >= 11 is 0. The zero-order valence-corrected chi connectivity index (χ0v) is 14.3. The summed E-state index contributed by atoms with van der Waals surface area (Å²) < 4.78 is 11.6. The molecule has 3 unspecified atom stereocenters. The molecule has 0 spiro atoms. The van der Waals surface area contributed by atoms with Gasteiger partial charge in [-0.25, -0.2) is 0 Å². The number of benzene rings is 1. The molecule has 23 heavy (non-hydrogen) atoms. The number of hydrogen-bond acceptors (Lipinski definition) is 4. The first-order chi connectivity index (χ1) is 10.6. The predicted molar refractivity (Wildman–Crippen MR) is 91.2 cm³/mol. The molecule has 1 saturated carbocycles. The van der Waals surface area contributed by atoms with Gasteiger partial charge in [-0.3, -0.25) is 4.79 Å². The highest BCUT2D eigenvalue weighted by Crippen LogP contribution is 2.31. The van der Waals surface area contributed by atoms with Crippen molar-refractivity contribution >= 4 is 18.3 Å². The van der Waals surface area contributed by atoms with Gasteiger partial charge in [0.05, 0.1) is 6.54 Å². The van der Waals surface area contributed by atoms with Gasteiger partial charge < -0.3 is 20.1 Å². The Balaban J connectivity index is 0.00000192. The van der Waals surface area contributed by atoms with Crippen molar-refractivity contribution in [2.45, 2.75) is 37.8 Å². The highest BCUT2D eigenvalue weighted by Gasteiger charge is 2.30. The summed E-state index contributed by atoms with van der Waals surface area (Å²) in [5, 5.41) is 0. The van der Waals surface area contributed by atoms with Gasteiger partial charge in [-0.15, -0.1) is 12.4 Å². The number of halogens is 1. The van der Waals surface area contributed by atoms with Gasteiger partial charge >= 0.3 is 0 Å². The summed E-state index contributed by atoms with van der Waals surface area (Å²) in [5.41, 5.74) is 5.98. The molecule has 3 atom stereocenters. The zero-order chi connectivity index (χ0) is 15.5. The average Bonchev–Trinajstić information content (AvgIpc) is 2.54. The molecule has 1 aromatic rings. The van der Waals surface area contributed by atoms with Gasteiger partial charge in [0, 0.05) is 19.0 Å². The molecule has 1 heterocycles. The lowest BCUT2D eigenvalue weighted by molar-refractivity contribution is -0.136. The minimum Gasteiger partial charge on any atom is -0.486 e. The monoisotopic (exact) mass is 340 g/mol. The van der Waals surface area contributed by atoms with Crippen LogP contribution in [-0.4, -0.2) is 43.2 Å². The molecule has 0 bridgehead atoms. The maximum absolute atomic E-state index is 12.5.